The lowest BCUT2D eigenvalue weighted by Crippen LogP contribution is -2.21. The van der Waals surface area contributed by atoms with E-state index in [9.17, 15) is 9.00 Å². The standard InChI is InChI=1S/C10H20O4S/c1-4-5-14-6-7-15(12)8-9(2)10(11)13-3/h9H,4-8H2,1-3H3. The second kappa shape index (κ2) is 8.85. The minimum Gasteiger partial charge on any atom is -0.469 e. The van der Waals surface area contributed by atoms with Gasteiger partial charge in [0.05, 0.1) is 19.6 Å². The number of methoxy groups -OCH3 is 1. The second-order valence-corrected chi connectivity index (χ2v) is 4.97. The summed E-state index contributed by atoms with van der Waals surface area (Å²) in [5, 5.41) is 0. The van der Waals surface area contributed by atoms with Crippen molar-refractivity contribution in [2.75, 3.05) is 31.8 Å². The van der Waals surface area contributed by atoms with E-state index in [1.807, 2.05) is 6.92 Å². The van der Waals surface area contributed by atoms with Gasteiger partial charge in [0, 0.05) is 28.9 Å². The third kappa shape index (κ3) is 7.50. The van der Waals surface area contributed by atoms with E-state index in [1.54, 1.807) is 6.92 Å². The van der Waals surface area contributed by atoms with Crippen LogP contribution >= 0.6 is 0 Å². The SMILES string of the molecule is CCCOCCS(=O)CC(C)C(=O)OC. The summed E-state index contributed by atoms with van der Waals surface area (Å²) in [6, 6.07) is 0. The van der Waals surface area contributed by atoms with Crippen LogP contribution < -0.4 is 0 Å². The summed E-state index contributed by atoms with van der Waals surface area (Å²) in [7, 11) is 0.338. The number of esters is 1. The van der Waals surface area contributed by atoms with Crippen molar-refractivity contribution >= 4 is 16.8 Å². The highest BCUT2D eigenvalue weighted by Gasteiger charge is 2.16. The molecular formula is C10H20O4S. The average molecular weight is 236 g/mol. The molecule has 0 aliphatic heterocycles. The van der Waals surface area contributed by atoms with E-state index in [-0.39, 0.29) is 11.9 Å². The molecule has 0 heterocycles. The Morgan fingerprint density at radius 3 is 2.60 bits per heavy atom. The van der Waals surface area contributed by atoms with Crippen molar-refractivity contribution in [1.82, 2.24) is 0 Å². The monoisotopic (exact) mass is 236 g/mol. The molecule has 15 heavy (non-hydrogen) atoms. The maximum atomic E-state index is 11.5. The highest BCUT2D eigenvalue weighted by molar-refractivity contribution is 7.85. The molecule has 0 rings (SSSR count). The van der Waals surface area contributed by atoms with Crippen LogP contribution in [-0.2, 0) is 25.1 Å². The van der Waals surface area contributed by atoms with Gasteiger partial charge in [-0.05, 0) is 6.42 Å². The fraction of sp³-hybridized carbons (Fsp3) is 0.900. The molecule has 0 aromatic rings. The summed E-state index contributed by atoms with van der Waals surface area (Å²) >= 11 is 0. The summed E-state index contributed by atoms with van der Waals surface area (Å²) < 4.78 is 21.2. The molecule has 5 heteroatoms. The number of ether oxygens (including phenoxy) is 2. The molecule has 0 saturated carbocycles. The third-order valence-electron chi connectivity index (χ3n) is 1.84. The molecule has 2 atom stereocenters. The molecule has 0 aromatic carbocycles. The minimum absolute atomic E-state index is 0.304. The van der Waals surface area contributed by atoms with Gasteiger partial charge in [-0.2, -0.15) is 0 Å². The second-order valence-electron chi connectivity index (χ2n) is 3.35. The summed E-state index contributed by atoms with van der Waals surface area (Å²) in [6.07, 6.45) is 0.963. The third-order valence-corrected chi connectivity index (χ3v) is 3.34. The van der Waals surface area contributed by atoms with E-state index in [2.05, 4.69) is 4.74 Å². The normalized spacial score (nSPS) is 14.6. The Hall–Kier alpha value is -0.420. The molecule has 0 fully saturated rings. The lowest BCUT2D eigenvalue weighted by Gasteiger charge is -2.08. The van der Waals surface area contributed by atoms with Crippen LogP contribution in [0.4, 0.5) is 0 Å². The topological polar surface area (TPSA) is 52.6 Å². The van der Waals surface area contributed by atoms with Crippen molar-refractivity contribution in [3.8, 4) is 0 Å². The summed E-state index contributed by atoms with van der Waals surface area (Å²) in [5.74, 6) is 0.226. The first-order valence-electron chi connectivity index (χ1n) is 5.12. The number of rotatable bonds is 8. The van der Waals surface area contributed by atoms with Gasteiger partial charge in [0.2, 0.25) is 0 Å². The van der Waals surface area contributed by atoms with Gasteiger partial charge in [0.15, 0.2) is 0 Å². The van der Waals surface area contributed by atoms with Crippen LogP contribution in [0.1, 0.15) is 20.3 Å². The lowest BCUT2D eigenvalue weighted by molar-refractivity contribution is -0.144. The fourth-order valence-electron chi connectivity index (χ4n) is 1.03. The van der Waals surface area contributed by atoms with Crippen LogP contribution in [0.15, 0.2) is 0 Å². The van der Waals surface area contributed by atoms with Crippen molar-refractivity contribution in [2.45, 2.75) is 20.3 Å². The predicted molar refractivity (Wildman–Crippen MR) is 60.2 cm³/mol. The zero-order valence-corrected chi connectivity index (χ0v) is 10.5. The molecule has 2 unspecified atom stereocenters. The fourth-order valence-corrected chi connectivity index (χ4v) is 2.19. The van der Waals surface area contributed by atoms with Crippen LogP contribution in [-0.4, -0.2) is 42.0 Å². The molecule has 0 saturated heterocycles. The Balaban J connectivity index is 3.60. The average Bonchev–Trinajstić information content (AvgIpc) is 2.23. The first-order chi connectivity index (χ1) is 7.11. The van der Waals surface area contributed by atoms with E-state index in [4.69, 9.17) is 4.74 Å². The quantitative estimate of drug-likeness (QED) is 0.465. The van der Waals surface area contributed by atoms with Crippen molar-refractivity contribution in [3.63, 3.8) is 0 Å². The highest BCUT2D eigenvalue weighted by atomic mass is 32.2. The van der Waals surface area contributed by atoms with E-state index < -0.39 is 10.8 Å². The van der Waals surface area contributed by atoms with Gasteiger partial charge >= 0.3 is 5.97 Å². The molecule has 0 aliphatic rings. The van der Waals surface area contributed by atoms with E-state index in [1.165, 1.54) is 7.11 Å². The molecule has 0 aromatic heterocycles. The van der Waals surface area contributed by atoms with Crippen molar-refractivity contribution < 1.29 is 18.5 Å². The molecule has 0 spiro atoms. The van der Waals surface area contributed by atoms with E-state index in [0.717, 1.165) is 6.42 Å². The van der Waals surface area contributed by atoms with E-state index in [0.29, 0.717) is 24.7 Å². The summed E-state index contributed by atoms with van der Waals surface area (Å²) in [6.45, 7) is 4.94. The molecule has 90 valence electrons. The van der Waals surface area contributed by atoms with Gasteiger partial charge in [-0.15, -0.1) is 0 Å². The predicted octanol–water partition coefficient (Wildman–Crippen LogP) is 0.971. The summed E-state index contributed by atoms with van der Waals surface area (Å²) in [5.41, 5.74) is 0. The van der Waals surface area contributed by atoms with Crippen LogP contribution in [0.5, 0.6) is 0 Å². The minimum atomic E-state index is -1.00. The van der Waals surface area contributed by atoms with E-state index >= 15 is 0 Å². The first kappa shape index (κ1) is 14.6. The number of hydrogen-bond acceptors (Lipinski definition) is 4. The molecule has 0 N–H and O–H groups in total. The Morgan fingerprint density at radius 2 is 2.07 bits per heavy atom. The van der Waals surface area contributed by atoms with Crippen molar-refractivity contribution in [3.05, 3.63) is 0 Å². The molecule has 0 bridgehead atoms. The van der Waals surface area contributed by atoms with Gasteiger partial charge in [-0.1, -0.05) is 13.8 Å². The smallest absolute Gasteiger partial charge is 0.309 e. The maximum absolute atomic E-state index is 11.5. The Kier molecular flexibility index (Phi) is 8.61. The van der Waals surface area contributed by atoms with Gasteiger partial charge in [-0.3, -0.25) is 9.00 Å². The largest absolute Gasteiger partial charge is 0.469 e. The van der Waals surface area contributed by atoms with Crippen molar-refractivity contribution in [2.24, 2.45) is 5.92 Å². The molecule has 0 aliphatic carbocycles. The highest BCUT2D eigenvalue weighted by Crippen LogP contribution is 2.01. The van der Waals surface area contributed by atoms with Gasteiger partial charge < -0.3 is 9.47 Å². The summed E-state index contributed by atoms with van der Waals surface area (Å²) in [4.78, 5) is 11.0. The first-order valence-corrected chi connectivity index (χ1v) is 6.61. The lowest BCUT2D eigenvalue weighted by atomic mass is 10.2. The van der Waals surface area contributed by atoms with Gasteiger partial charge in [0.1, 0.15) is 0 Å². The number of carbonyl (C=O) groups excluding carboxylic acids is 1. The van der Waals surface area contributed by atoms with Crippen LogP contribution in [0.25, 0.3) is 0 Å². The molecular weight excluding hydrogens is 216 g/mol. The zero-order chi connectivity index (χ0) is 11.7. The Morgan fingerprint density at radius 1 is 1.40 bits per heavy atom. The van der Waals surface area contributed by atoms with Crippen LogP contribution in [0.2, 0.25) is 0 Å². The Bertz CT molecular complexity index is 206. The molecule has 0 amide bonds. The number of carbonyl (C=O) groups is 1. The van der Waals surface area contributed by atoms with Gasteiger partial charge in [0.25, 0.3) is 0 Å². The number of hydrogen-bond donors (Lipinski definition) is 0. The van der Waals surface area contributed by atoms with Crippen LogP contribution in [0.3, 0.4) is 0 Å². The zero-order valence-electron chi connectivity index (χ0n) is 9.65. The van der Waals surface area contributed by atoms with Gasteiger partial charge in [-0.25, -0.2) is 0 Å². The van der Waals surface area contributed by atoms with Crippen LogP contribution in [0, 0.1) is 5.92 Å². The molecule has 4 nitrogen and oxygen atoms in total. The Labute approximate surface area is 93.8 Å². The molecule has 0 radical (unpaired) electrons. The maximum Gasteiger partial charge on any atom is 0.309 e. The van der Waals surface area contributed by atoms with Crippen molar-refractivity contribution in [1.29, 1.82) is 0 Å².